The Morgan fingerprint density at radius 2 is 1.03 bits per heavy atom. The summed E-state index contributed by atoms with van der Waals surface area (Å²) in [6, 6.07) is 57.0. The average Bonchev–Trinajstić information content (AvgIpc) is 3.88. The molecule has 2 spiro atoms. The van der Waals surface area contributed by atoms with Gasteiger partial charge in [0.2, 0.25) is 0 Å². The van der Waals surface area contributed by atoms with Crippen molar-refractivity contribution < 1.29 is 4.74 Å². The van der Waals surface area contributed by atoms with Crippen LogP contribution < -0.4 is 4.74 Å². The minimum atomic E-state index is -0.573. The molecule has 0 radical (unpaired) electrons. The van der Waals surface area contributed by atoms with Gasteiger partial charge in [-0.1, -0.05) is 146 Å². The molecule has 2 bridgehead atoms. The van der Waals surface area contributed by atoms with E-state index in [1.807, 2.05) is 0 Å². The van der Waals surface area contributed by atoms with Gasteiger partial charge in [0, 0.05) is 27.8 Å². The molecule has 4 saturated carbocycles. The van der Waals surface area contributed by atoms with Crippen LogP contribution in [0.3, 0.4) is 0 Å². The van der Waals surface area contributed by atoms with Crippen molar-refractivity contribution in [3.8, 4) is 56.8 Å². The number of rotatable bonds is 4. The molecular weight excluding hydrogens is 707 g/mol. The van der Waals surface area contributed by atoms with Gasteiger partial charge in [0.1, 0.15) is 11.5 Å². The van der Waals surface area contributed by atoms with E-state index in [0.29, 0.717) is 28.3 Å². The predicted molar refractivity (Wildman–Crippen MR) is 229 cm³/mol. The highest BCUT2D eigenvalue weighted by molar-refractivity contribution is 5.97. The van der Waals surface area contributed by atoms with Crippen molar-refractivity contribution in [2.75, 3.05) is 0 Å². The molecule has 0 amide bonds. The van der Waals surface area contributed by atoms with Crippen LogP contribution in [0.25, 0.3) is 56.1 Å². The standard InChI is InChI=1S/C54H39N3O/c1-2-13-38-32(11-1)12-9-15-39(38)50-55-49(33-23-25-34(26-24-33)52-29-36-27-35-28-37(30-52)53(35,36)31-52)56-51(57-50)41-16-10-20-45-48(41)40-14-3-4-17-42(40)54(45)43-18-5-7-21-46(43)58-47-22-8-6-19-44(47)54/h1-26,35-37H,27-31H2/t35-,36+,37?,52?,53?/m1/s1. The molecule has 3 unspecified atom stereocenters. The molecular formula is C54H39N3O. The average molecular weight is 746 g/mol. The van der Waals surface area contributed by atoms with Crippen LogP contribution in [0.5, 0.6) is 11.5 Å². The molecule has 4 fully saturated rings. The van der Waals surface area contributed by atoms with Gasteiger partial charge in [0.25, 0.3) is 0 Å². The largest absolute Gasteiger partial charge is 0.457 e. The topological polar surface area (TPSA) is 47.9 Å². The van der Waals surface area contributed by atoms with Gasteiger partial charge in [-0.3, -0.25) is 0 Å². The SMILES string of the molecule is c1ccc2c(c1)Oc1ccccc1C21c2ccccc2-c2c(-c3nc(-c4ccc(C56CC7C[C@H]8C[C@@H](C5)C78C6)cc4)nc(-c4cccc5ccccc45)n3)cccc21. The van der Waals surface area contributed by atoms with E-state index in [-0.39, 0.29) is 0 Å². The van der Waals surface area contributed by atoms with Crippen molar-refractivity contribution in [3.05, 3.63) is 186 Å². The lowest BCUT2D eigenvalue weighted by molar-refractivity contribution is -0.175. The first-order chi connectivity index (χ1) is 28.6. The van der Waals surface area contributed by atoms with Crippen LogP contribution in [0.15, 0.2) is 158 Å². The van der Waals surface area contributed by atoms with E-state index in [1.54, 1.807) is 0 Å². The quantitative estimate of drug-likeness (QED) is 0.180. The van der Waals surface area contributed by atoms with Gasteiger partial charge in [-0.15, -0.1) is 0 Å². The minimum absolute atomic E-state index is 0.354. The maximum absolute atomic E-state index is 6.62. The van der Waals surface area contributed by atoms with Gasteiger partial charge >= 0.3 is 0 Å². The van der Waals surface area contributed by atoms with Gasteiger partial charge in [0.15, 0.2) is 17.5 Å². The van der Waals surface area contributed by atoms with Crippen molar-refractivity contribution in [2.45, 2.75) is 42.9 Å². The number of hydrogen-bond acceptors (Lipinski definition) is 4. The lowest BCUT2D eigenvalue weighted by Gasteiger charge is -2.66. The zero-order chi connectivity index (χ0) is 37.8. The molecule has 2 heterocycles. The number of para-hydroxylation sites is 2. The number of nitrogens with zero attached hydrogens (tertiary/aromatic N) is 3. The number of benzene rings is 7. The predicted octanol–water partition coefficient (Wildman–Crippen LogP) is 12.6. The third-order valence-corrected chi connectivity index (χ3v) is 15.9. The highest BCUT2D eigenvalue weighted by Crippen LogP contribution is 2.84. The van der Waals surface area contributed by atoms with Crippen molar-refractivity contribution in [2.24, 2.45) is 23.2 Å². The second kappa shape index (κ2) is 11.0. The maximum atomic E-state index is 6.62. The van der Waals surface area contributed by atoms with E-state index < -0.39 is 5.41 Å². The van der Waals surface area contributed by atoms with Gasteiger partial charge in [-0.2, -0.15) is 0 Å². The Morgan fingerprint density at radius 1 is 0.466 bits per heavy atom. The molecule has 1 aliphatic heterocycles. The van der Waals surface area contributed by atoms with Crippen LogP contribution in [0.1, 0.15) is 59.9 Å². The summed E-state index contributed by atoms with van der Waals surface area (Å²) in [7, 11) is 0. The fourth-order valence-corrected chi connectivity index (χ4v) is 13.6. The first-order valence-corrected chi connectivity index (χ1v) is 21.1. The molecule has 5 atom stereocenters. The van der Waals surface area contributed by atoms with Crippen LogP contribution in [0.4, 0.5) is 0 Å². The molecule has 1 aromatic heterocycles. The zero-order valence-corrected chi connectivity index (χ0v) is 32.0. The summed E-state index contributed by atoms with van der Waals surface area (Å²) in [5.74, 6) is 6.76. The molecule has 7 aromatic carbocycles. The summed E-state index contributed by atoms with van der Waals surface area (Å²) in [4.78, 5) is 16.2. The van der Waals surface area contributed by atoms with Crippen molar-refractivity contribution >= 4 is 10.8 Å². The Morgan fingerprint density at radius 3 is 1.78 bits per heavy atom. The van der Waals surface area contributed by atoms with Gasteiger partial charge in [-0.05, 0) is 111 Å². The molecule has 5 aliphatic carbocycles. The fourth-order valence-electron chi connectivity index (χ4n) is 13.6. The second-order valence-corrected chi connectivity index (χ2v) is 18.1. The minimum Gasteiger partial charge on any atom is -0.457 e. The Labute approximate surface area is 337 Å². The van der Waals surface area contributed by atoms with E-state index in [1.165, 1.54) is 59.7 Å². The summed E-state index contributed by atoms with van der Waals surface area (Å²) in [6.45, 7) is 0. The molecule has 58 heavy (non-hydrogen) atoms. The Bertz CT molecular complexity index is 3010. The summed E-state index contributed by atoms with van der Waals surface area (Å²) in [5, 5.41) is 2.29. The highest BCUT2D eigenvalue weighted by Gasteiger charge is 2.77. The van der Waals surface area contributed by atoms with Gasteiger partial charge < -0.3 is 4.74 Å². The maximum Gasteiger partial charge on any atom is 0.164 e. The lowest BCUT2D eigenvalue weighted by Crippen LogP contribution is -2.59. The molecule has 4 nitrogen and oxygen atoms in total. The third kappa shape index (κ3) is 3.80. The van der Waals surface area contributed by atoms with Crippen LogP contribution in [-0.4, -0.2) is 15.0 Å². The lowest BCUT2D eigenvalue weighted by atomic mass is 9.38. The molecule has 8 aromatic rings. The number of ether oxygens (including phenoxy) is 1. The highest BCUT2D eigenvalue weighted by atomic mass is 16.5. The van der Waals surface area contributed by atoms with E-state index >= 15 is 0 Å². The van der Waals surface area contributed by atoms with E-state index in [0.717, 1.165) is 68.0 Å². The number of hydrogen-bond donors (Lipinski definition) is 0. The monoisotopic (exact) mass is 745 g/mol. The number of fused-ring (bicyclic) bond motifs is 11. The first-order valence-electron chi connectivity index (χ1n) is 21.1. The summed E-state index contributed by atoms with van der Waals surface area (Å²) in [6.07, 6.45) is 7.11. The van der Waals surface area contributed by atoms with E-state index in [2.05, 4.69) is 158 Å². The smallest absolute Gasteiger partial charge is 0.164 e. The van der Waals surface area contributed by atoms with Crippen molar-refractivity contribution in [1.29, 1.82) is 0 Å². The summed E-state index contributed by atoms with van der Waals surface area (Å²) < 4.78 is 6.62. The summed E-state index contributed by atoms with van der Waals surface area (Å²) in [5.41, 5.74) is 12.1. The molecule has 4 heteroatoms. The molecule has 0 saturated heterocycles. The van der Waals surface area contributed by atoms with Crippen LogP contribution in [-0.2, 0) is 10.8 Å². The van der Waals surface area contributed by atoms with Crippen molar-refractivity contribution in [3.63, 3.8) is 0 Å². The van der Waals surface area contributed by atoms with Crippen LogP contribution in [0.2, 0.25) is 0 Å². The normalized spacial score (nSPS) is 25.5. The van der Waals surface area contributed by atoms with Crippen LogP contribution >= 0.6 is 0 Å². The van der Waals surface area contributed by atoms with E-state index in [4.69, 9.17) is 19.7 Å². The Balaban J connectivity index is 0.986. The fraction of sp³-hybridized carbons (Fsp3) is 0.204. The molecule has 276 valence electrons. The number of aromatic nitrogens is 3. The zero-order valence-electron chi connectivity index (χ0n) is 32.0. The van der Waals surface area contributed by atoms with Crippen LogP contribution in [0, 0.1) is 23.2 Å². The molecule has 6 aliphatic rings. The third-order valence-electron chi connectivity index (χ3n) is 15.9. The van der Waals surface area contributed by atoms with Gasteiger partial charge in [-0.25, -0.2) is 15.0 Å². The first kappa shape index (κ1) is 31.7. The summed E-state index contributed by atoms with van der Waals surface area (Å²) >= 11 is 0. The molecule has 0 N–H and O–H groups in total. The Hall–Kier alpha value is -6.39. The van der Waals surface area contributed by atoms with E-state index in [9.17, 15) is 0 Å². The Kier molecular flexibility index (Phi) is 5.98. The molecule has 14 rings (SSSR count). The van der Waals surface area contributed by atoms with Crippen molar-refractivity contribution in [1.82, 2.24) is 15.0 Å². The second-order valence-electron chi connectivity index (χ2n) is 18.1. The van der Waals surface area contributed by atoms with Gasteiger partial charge in [0.05, 0.1) is 5.41 Å².